The number of benzene rings is 2. The van der Waals surface area contributed by atoms with Crippen molar-refractivity contribution in [3.05, 3.63) is 77.6 Å². The average Bonchev–Trinajstić information content (AvgIpc) is 2.93. The molecule has 1 N–H and O–H groups in total. The molecule has 24 heavy (non-hydrogen) atoms. The van der Waals surface area contributed by atoms with Gasteiger partial charge in [0.2, 0.25) is 0 Å². The van der Waals surface area contributed by atoms with Gasteiger partial charge in [-0.05, 0) is 43.2 Å². The zero-order valence-electron chi connectivity index (χ0n) is 14.0. The van der Waals surface area contributed by atoms with Crippen molar-refractivity contribution >= 4 is 5.91 Å². The van der Waals surface area contributed by atoms with E-state index in [1.807, 2.05) is 79.2 Å². The normalized spacial score (nSPS) is 10.6. The molecule has 0 saturated carbocycles. The summed E-state index contributed by atoms with van der Waals surface area (Å²) in [5.41, 5.74) is 4.92. The fourth-order valence-corrected chi connectivity index (χ4v) is 2.75. The van der Waals surface area contributed by atoms with Crippen LogP contribution in [0.15, 0.2) is 60.7 Å². The van der Waals surface area contributed by atoms with Crippen LogP contribution < -0.4 is 5.32 Å². The Hall–Kier alpha value is -2.88. The Morgan fingerprint density at radius 2 is 1.75 bits per heavy atom. The second kappa shape index (κ2) is 7.13. The van der Waals surface area contributed by atoms with Gasteiger partial charge in [0.1, 0.15) is 0 Å². The summed E-state index contributed by atoms with van der Waals surface area (Å²) in [4.78, 5) is 12.4. The van der Waals surface area contributed by atoms with E-state index in [2.05, 4.69) is 10.4 Å². The van der Waals surface area contributed by atoms with Gasteiger partial charge >= 0.3 is 0 Å². The molecule has 2 aromatic carbocycles. The van der Waals surface area contributed by atoms with Gasteiger partial charge < -0.3 is 5.32 Å². The first kappa shape index (κ1) is 16.0. The van der Waals surface area contributed by atoms with Crippen molar-refractivity contribution in [1.29, 1.82) is 0 Å². The maximum atomic E-state index is 12.4. The molecule has 0 fully saturated rings. The van der Waals surface area contributed by atoms with Gasteiger partial charge in [-0.15, -0.1) is 0 Å². The molecule has 1 heterocycles. The molecule has 0 saturated heterocycles. The van der Waals surface area contributed by atoms with Crippen LogP contribution in [0.4, 0.5) is 0 Å². The van der Waals surface area contributed by atoms with Crippen molar-refractivity contribution in [3.8, 4) is 11.1 Å². The fraction of sp³-hybridized carbons (Fsp3) is 0.200. The lowest BCUT2D eigenvalue weighted by molar-refractivity contribution is 0.0952. The van der Waals surface area contributed by atoms with Crippen LogP contribution in [0.5, 0.6) is 0 Å². The first-order chi connectivity index (χ1) is 11.6. The number of rotatable bonds is 5. The van der Waals surface area contributed by atoms with E-state index >= 15 is 0 Å². The van der Waals surface area contributed by atoms with Crippen LogP contribution in [0.25, 0.3) is 11.1 Å². The van der Waals surface area contributed by atoms with Crippen molar-refractivity contribution < 1.29 is 4.79 Å². The first-order valence-electron chi connectivity index (χ1n) is 8.08. The summed E-state index contributed by atoms with van der Waals surface area (Å²) in [5, 5.41) is 7.36. The van der Waals surface area contributed by atoms with Gasteiger partial charge in [-0.3, -0.25) is 9.48 Å². The van der Waals surface area contributed by atoms with Crippen molar-refractivity contribution in [2.45, 2.75) is 20.4 Å². The lowest BCUT2D eigenvalue weighted by Crippen LogP contribution is -2.27. The number of nitrogens with zero attached hydrogens (tertiary/aromatic N) is 2. The van der Waals surface area contributed by atoms with Crippen LogP contribution in [0, 0.1) is 13.8 Å². The number of hydrogen-bond donors (Lipinski definition) is 1. The third-order valence-electron chi connectivity index (χ3n) is 3.94. The number of carbonyl (C=O) groups excluding carboxylic acids is 1. The largest absolute Gasteiger partial charge is 0.350 e. The molecule has 122 valence electrons. The predicted octanol–water partition coefficient (Wildman–Crippen LogP) is 3.60. The van der Waals surface area contributed by atoms with E-state index < -0.39 is 0 Å². The molecule has 3 aromatic rings. The molecule has 0 aliphatic rings. The Morgan fingerprint density at radius 3 is 2.46 bits per heavy atom. The van der Waals surface area contributed by atoms with Gasteiger partial charge in [0, 0.05) is 17.8 Å². The standard InChI is InChI=1S/C20H21N3O/c1-15-13-16(2)23(22-15)12-11-21-20(24)19-10-6-9-18(14-19)17-7-4-3-5-8-17/h3-10,13-14H,11-12H2,1-2H3,(H,21,24). The number of aromatic nitrogens is 2. The van der Waals surface area contributed by atoms with Gasteiger partial charge in [-0.1, -0.05) is 42.5 Å². The van der Waals surface area contributed by atoms with E-state index in [4.69, 9.17) is 0 Å². The van der Waals surface area contributed by atoms with E-state index in [0.717, 1.165) is 22.5 Å². The molecule has 0 unspecified atom stereocenters. The molecule has 0 atom stereocenters. The highest BCUT2D eigenvalue weighted by molar-refractivity contribution is 5.95. The van der Waals surface area contributed by atoms with Crippen LogP contribution >= 0.6 is 0 Å². The highest BCUT2D eigenvalue weighted by Crippen LogP contribution is 2.19. The Morgan fingerprint density at radius 1 is 1.00 bits per heavy atom. The Bertz CT molecular complexity index is 837. The maximum Gasteiger partial charge on any atom is 0.251 e. The van der Waals surface area contributed by atoms with Crippen LogP contribution in [0.2, 0.25) is 0 Å². The number of amides is 1. The lowest BCUT2D eigenvalue weighted by atomic mass is 10.0. The number of hydrogen-bond acceptors (Lipinski definition) is 2. The van der Waals surface area contributed by atoms with Crippen molar-refractivity contribution in [1.82, 2.24) is 15.1 Å². The number of carbonyl (C=O) groups is 1. The highest BCUT2D eigenvalue weighted by Gasteiger charge is 2.07. The maximum absolute atomic E-state index is 12.4. The van der Waals surface area contributed by atoms with E-state index in [-0.39, 0.29) is 5.91 Å². The minimum atomic E-state index is -0.0608. The summed E-state index contributed by atoms with van der Waals surface area (Å²) >= 11 is 0. The Balaban J connectivity index is 1.64. The van der Waals surface area contributed by atoms with E-state index in [1.54, 1.807) is 0 Å². The molecule has 4 heteroatoms. The van der Waals surface area contributed by atoms with Crippen molar-refractivity contribution in [3.63, 3.8) is 0 Å². The first-order valence-corrected chi connectivity index (χ1v) is 8.08. The van der Waals surface area contributed by atoms with Crippen LogP contribution in [-0.2, 0) is 6.54 Å². The van der Waals surface area contributed by atoms with Gasteiger partial charge in [0.25, 0.3) is 5.91 Å². The summed E-state index contributed by atoms with van der Waals surface area (Å²) in [6.07, 6.45) is 0. The van der Waals surface area contributed by atoms with Gasteiger partial charge in [-0.2, -0.15) is 5.10 Å². The monoisotopic (exact) mass is 319 g/mol. The summed E-state index contributed by atoms with van der Waals surface area (Å²) in [6, 6.07) is 19.8. The van der Waals surface area contributed by atoms with Crippen LogP contribution in [-0.4, -0.2) is 22.2 Å². The van der Waals surface area contributed by atoms with Gasteiger partial charge in [-0.25, -0.2) is 0 Å². The van der Waals surface area contributed by atoms with E-state index in [9.17, 15) is 4.79 Å². The molecular formula is C20H21N3O. The summed E-state index contributed by atoms with van der Waals surface area (Å²) in [5.74, 6) is -0.0608. The minimum absolute atomic E-state index is 0.0608. The molecule has 0 radical (unpaired) electrons. The predicted molar refractivity (Wildman–Crippen MR) is 95.9 cm³/mol. The molecular weight excluding hydrogens is 298 g/mol. The summed E-state index contributed by atoms with van der Waals surface area (Å²) in [7, 11) is 0. The molecule has 0 aliphatic carbocycles. The molecule has 1 amide bonds. The molecule has 0 bridgehead atoms. The highest BCUT2D eigenvalue weighted by atomic mass is 16.1. The quantitative estimate of drug-likeness (QED) is 0.781. The zero-order valence-corrected chi connectivity index (χ0v) is 14.0. The molecule has 4 nitrogen and oxygen atoms in total. The second-order valence-electron chi connectivity index (χ2n) is 5.85. The molecule has 0 aliphatic heterocycles. The van der Waals surface area contributed by atoms with Crippen molar-refractivity contribution in [2.75, 3.05) is 6.54 Å². The van der Waals surface area contributed by atoms with Crippen molar-refractivity contribution in [2.24, 2.45) is 0 Å². The summed E-state index contributed by atoms with van der Waals surface area (Å²) < 4.78 is 1.91. The minimum Gasteiger partial charge on any atom is -0.350 e. The van der Waals surface area contributed by atoms with Crippen LogP contribution in [0.3, 0.4) is 0 Å². The second-order valence-corrected chi connectivity index (χ2v) is 5.85. The SMILES string of the molecule is Cc1cc(C)n(CCNC(=O)c2cccc(-c3ccccc3)c2)n1. The fourth-order valence-electron chi connectivity index (χ4n) is 2.75. The number of aryl methyl sites for hydroxylation is 2. The Kier molecular flexibility index (Phi) is 4.75. The summed E-state index contributed by atoms with van der Waals surface area (Å²) in [6.45, 7) is 5.21. The lowest BCUT2D eigenvalue weighted by Gasteiger charge is -2.08. The number of nitrogens with one attached hydrogen (secondary N) is 1. The van der Waals surface area contributed by atoms with Gasteiger partial charge in [0.15, 0.2) is 0 Å². The smallest absolute Gasteiger partial charge is 0.251 e. The van der Waals surface area contributed by atoms with E-state index in [1.165, 1.54) is 0 Å². The molecule has 0 spiro atoms. The topological polar surface area (TPSA) is 46.9 Å². The molecule has 3 rings (SSSR count). The third-order valence-corrected chi connectivity index (χ3v) is 3.94. The van der Waals surface area contributed by atoms with Gasteiger partial charge in [0.05, 0.1) is 12.2 Å². The Labute approximate surface area is 142 Å². The molecule has 1 aromatic heterocycles. The average molecular weight is 319 g/mol. The van der Waals surface area contributed by atoms with E-state index in [0.29, 0.717) is 18.7 Å². The zero-order chi connectivity index (χ0) is 16.9. The van der Waals surface area contributed by atoms with Crippen LogP contribution in [0.1, 0.15) is 21.7 Å². The third kappa shape index (κ3) is 3.71.